The van der Waals surface area contributed by atoms with Gasteiger partial charge in [-0.1, -0.05) is 37.3 Å². The van der Waals surface area contributed by atoms with E-state index in [-0.39, 0.29) is 11.3 Å². The summed E-state index contributed by atoms with van der Waals surface area (Å²) in [4.78, 5) is 33.5. The van der Waals surface area contributed by atoms with Gasteiger partial charge in [0.1, 0.15) is 30.5 Å². The minimum absolute atomic E-state index is 0.0460. The van der Waals surface area contributed by atoms with Crippen LogP contribution in [-0.2, 0) is 9.59 Å². The predicted octanol–water partition coefficient (Wildman–Crippen LogP) is 6.52. The summed E-state index contributed by atoms with van der Waals surface area (Å²) in [7, 11) is 0. The van der Waals surface area contributed by atoms with E-state index in [0.717, 1.165) is 11.1 Å². The van der Waals surface area contributed by atoms with E-state index in [1.54, 1.807) is 18.2 Å². The summed E-state index contributed by atoms with van der Waals surface area (Å²) in [5.74, 6) is 0.876. The van der Waals surface area contributed by atoms with E-state index in [0.29, 0.717) is 77.1 Å². The molecule has 6 rings (SSSR count). The number of nitrogens with zero attached hydrogens (tertiary/aromatic N) is 2. The third-order valence-corrected chi connectivity index (χ3v) is 8.28. The van der Waals surface area contributed by atoms with Crippen LogP contribution in [0.2, 0.25) is 0 Å². The van der Waals surface area contributed by atoms with Gasteiger partial charge >= 0.3 is 5.91 Å². The van der Waals surface area contributed by atoms with Gasteiger partial charge in [0.2, 0.25) is 0 Å². The Morgan fingerprint density at radius 3 is 2.60 bits per heavy atom. The van der Waals surface area contributed by atoms with Gasteiger partial charge in [0.05, 0.1) is 35.0 Å². The second kappa shape index (κ2) is 12.0. The Kier molecular flexibility index (Phi) is 7.94. The lowest BCUT2D eigenvalue weighted by Gasteiger charge is -2.24. The van der Waals surface area contributed by atoms with Crippen LogP contribution in [0, 0.1) is 5.92 Å². The van der Waals surface area contributed by atoms with Crippen molar-refractivity contribution >= 4 is 44.1 Å². The lowest BCUT2D eigenvalue weighted by Crippen LogP contribution is -2.29. The molecule has 10 heteroatoms. The Labute approximate surface area is 253 Å². The summed E-state index contributed by atoms with van der Waals surface area (Å²) in [6.45, 7) is 7.99. The van der Waals surface area contributed by atoms with Gasteiger partial charge in [0.25, 0.3) is 5.78 Å². The van der Waals surface area contributed by atoms with Gasteiger partial charge in [-0.2, -0.15) is 0 Å². The summed E-state index contributed by atoms with van der Waals surface area (Å²) >= 11 is 1.28. The van der Waals surface area contributed by atoms with Crippen LogP contribution in [0.15, 0.2) is 66.2 Å². The number of ether oxygens (including phenoxy) is 4. The molecule has 43 heavy (non-hydrogen) atoms. The van der Waals surface area contributed by atoms with E-state index in [1.807, 2.05) is 49.4 Å². The highest BCUT2D eigenvalue weighted by Gasteiger charge is 2.48. The number of anilines is 1. The van der Waals surface area contributed by atoms with Crippen LogP contribution in [-0.4, -0.2) is 48.2 Å². The van der Waals surface area contributed by atoms with Crippen LogP contribution in [0.3, 0.4) is 0 Å². The van der Waals surface area contributed by atoms with Crippen molar-refractivity contribution < 1.29 is 33.6 Å². The van der Waals surface area contributed by atoms with Crippen molar-refractivity contribution in [2.75, 3.05) is 31.3 Å². The number of benzene rings is 3. The first kappa shape index (κ1) is 28.5. The van der Waals surface area contributed by atoms with Gasteiger partial charge in [0, 0.05) is 5.56 Å². The number of carbonyl (C=O) groups excluding carboxylic acids is 2. The number of rotatable bonds is 9. The minimum atomic E-state index is -0.950. The number of aromatic nitrogens is 1. The average Bonchev–Trinajstić information content (AvgIpc) is 3.54. The first-order chi connectivity index (χ1) is 20.8. The molecule has 0 saturated carbocycles. The van der Waals surface area contributed by atoms with E-state index < -0.39 is 17.7 Å². The number of carbonyl (C=O) groups is 2. The maximum absolute atomic E-state index is 13.7. The number of amides is 1. The maximum Gasteiger partial charge on any atom is 0.301 e. The van der Waals surface area contributed by atoms with Crippen LogP contribution in [0.5, 0.6) is 23.0 Å². The Bertz CT molecular complexity index is 1730. The third-order valence-electron chi connectivity index (χ3n) is 7.26. The fraction of sp³-hybridized carbons (Fsp3) is 0.303. The molecule has 1 fully saturated rings. The van der Waals surface area contributed by atoms with Crippen molar-refractivity contribution in [3.8, 4) is 23.0 Å². The monoisotopic (exact) mass is 600 g/mol. The number of Topliss-reactive ketones (excluding diaryl/α,β-unsaturated/α-hetero) is 1. The molecule has 2 aliphatic rings. The smallest absolute Gasteiger partial charge is 0.301 e. The molecule has 3 heterocycles. The van der Waals surface area contributed by atoms with Crippen LogP contribution in [0.25, 0.3) is 16.0 Å². The van der Waals surface area contributed by atoms with E-state index in [9.17, 15) is 14.7 Å². The Morgan fingerprint density at radius 1 is 1.02 bits per heavy atom. The topological polar surface area (TPSA) is 107 Å². The lowest BCUT2D eigenvalue weighted by molar-refractivity contribution is -0.132. The Hall–Kier alpha value is -4.57. The molecule has 1 amide bonds. The molecule has 9 nitrogen and oxygen atoms in total. The van der Waals surface area contributed by atoms with Gasteiger partial charge < -0.3 is 24.1 Å². The molecule has 1 aromatic heterocycles. The normalized spacial score (nSPS) is 17.6. The molecule has 3 aromatic carbocycles. The first-order valence-corrected chi connectivity index (χ1v) is 15.1. The van der Waals surface area contributed by atoms with Gasteiger partial charge in [-0.3, -0.25) is 14.5 Å². The van der Waals surface area contributed by atoms with Crippen LogP contribution in [0.4, 0.5) is 5.13 Å². The number of ketones is 1. The second-order valence-corrected chi connectivity index (χ2v) is 11.7. The van der Waals surface area contributed by atoms with Crippen molar-refractivity contribution in [2.24, 2.45) is 5.92 Å². The SMILES string of the molecule is CCOc1ccc2nc(N3C(=O)C(=O)C(=C(O)c4ccc5c(c4)OCCO5)[C@@H]3c3cccc(OCCC(C)C)c3)sc2c1. The summed E-state index contributed by atoms with van der Waals surface area (Å²) in [5, 5.41) is 12.0. The zero-order valence-electron chi connectivity index (χ0n) is 24.2. The van der Waals surface area contributed by atoms with E-state index >= 15 is 0 Å². The summed E-state index contributed by atoms with van der Waals surface area (Å²) < 4.78 is 23.8. The van der Waals surface area contributed by atoms with Crippen molar-refractivity contribution in [1.82, 2.24) is 4.98 Å². The fourth-order valence-electron chi connectivity index (χ4n) is 5.13. The summed E-state index contributed by atoms with van der Waals surface area (Å²) in [6.07, 6.45) is 0.877. The van der Waals surface area contributed by atoms with E-state index in [1.165, 1.54) is 16.2 Å². The van der Waals surface area contributed by atoms with Crippen molar-refractivity contribution in [2.45, 2.75) is 33.2 Å². The van der Waals surface area contributed by atoms with E-state index in [2.05, 4.69) is 13.8 Å². The maximum atomic E-state index is 13.7. The molecule has 222 valence electrons. The number of aliphatic hydroxyl groups excluding tert-OH is 1. The zero-order chi connectivity index (χ0) is 30.1. The quantitative estimate of drug-likeness (QED) is 0.132. The Morgan fingerprint density at radius 2 is 1.81 bits per heavy atom. The molecule has 1 N–H and O–H groups in total. The molecular formula is C33H32N2O7S. The molecule has 0 aliphatic carbocycles. The molecular weight excluding hydrogens is 568 g/mol. The standard InChI is InChI=1S/C33H32N2O7S/c1-4-39-23-9-10-24-27(18-23)43-33(34-24)35-29(20-6-5-7-22(16-20)40-13-12-19(2)3)28(31(37)32(35)38)30(36)21-8-11-25-26(17-21)42-15-14-41-25/h5-11,16-19,29,36H,4,12-15H2,1-3H3/t29-/m0/s1. The molecule has 0 unspecified atom stereocenters. The molecule has 1 saturated heterocycles. The summed E-state index contributed by atoms with van der Waals surface area (Å²) in [5.41, 5.74) is 1.56. The fourth-order valence-corrected chi connectivity index (χ4v) is 6.15. The third kappa shape index (κ3) is 5.62. The number of thiazole rings is 1. The van der Waals surface area contributed by atoms with Gasteiger partial charge in [-0.15, -0.1) is 0 Å². The van der Waals surface area contributed by atoms with Crippen LogP contribution >= 0.6 is 11.3 Å². The first-order valence-electron chi connectivity index (χ1n) is 14.3. The highest BCUT2D eigenvalue weighted by atomic mass is 32.1. The molecule has 0 spiro atoms. The predicted molar refractivity (Wildman–Crippen MR) is 164 cm³/mol. The second-order valence-electron chi connectivity index (χ2n) is 10.7. The van der Waals surface area contributed by atoms with Crippen LogP contribution < -0.4 is 23.8 Å². The van der Waals surface area contributed by atoms with Crippen molar-refractivity contribution in [3.05, 3.63) is 77.4 Å². The van der Waals surface area contributed by atoms with Crippen molar-refractivity contribution in [1.29, 1.82) is 0 Å². The molecule has 4 aromatic rings. The van der Waals surface area contributed by atoms with Crippen molar-refractivity contribution in [3.63, 3.8) is 0 Å². The van der Waals surface area contributed by atoms with Gasteiger partial charge in [-0.05, 0) is 73.4 Å². The highest BCUT2D eigenvalue weighted by Crippen LogP contribution is 2.46. The van der Waals surface area contributed by atoms with Gasteiger partial charge in [-0.25, -0.2) is 4.98 Å². The largest absolute Gasteiger partial charge is 0.507 e. The zero-order valence-corrected chi connectivity index (χ0v) is 25.0. The lowest BCUT2D eigenvalue weighted by atomic mass is 9.95. The molecule has 0 radical (unpaired) electrons. The van der Waals surface area contributed by atoms with E-state index in [4.69, 9.17) is 23.9 Å². The molecule has 1 atom stereocenters. The minimum Gasteiger partial charge on any atom is -0.507 e. The Balaban J connectivity index is 1.47. The van der Waals surface area contributed by atoms with Crippen LogP contribution in [0.1, 0.15) is 44.4 Å². The highest BCUT2D eigenvalue weighted by molar-refractivity contribution is 7.22. The number of hydrogen-bond acceptors (Lipinski definition) is 9. The summed E-state index contributed by atoms with van der Waals surface area (Å²) in [6, 6.07) is 16.8. The molecule has 2 aliphatic heterocycles. The molecule has 0 bridgehead atoms. The average molecular weight is 601 g/mol. The van der Waals surface area contributed by atoms with Gasteiger partial charge in [0.15, 0.2) is 16.6 Å². The number of aliphatic hydroxyl groups is 1. The number of fused-ring (bicyclic) bond motifs is 2. The number of hydrogen-bond donors (Lipinski definition) is 1.